The molecule has 0 atom stereocenters. The van der Waals surface area contributed by atoms with Crippen molar-refractivity contribution in [1.82, 2.24) is 4.98 Å². The van der Waals surface area contributed by atoms with Crippen LogP contribution < -0.4 is 20.1 Å². The smallest absolute Gasteiger partial charge is 0.257 e. The van der Waals surface area contributed by atoms with Crippen molar-refractivity contribution in [2.45, 2.75) is 0 Å². The van der Waals surface area contributed by atoms with Crippen LogP contribution >= 0.6 is 0 Å². The predicted octanol–water partition coefficient (Wildman–Crippen LogP) is 3.59. The molecule has 0 bridgehead atoms. The minimum Gasteiger partial charge on any atom is -0.454 e. The summed E-state index contributed by atoms with van der Waals surface area (Å²) in [7, 11) is 0. The Labute approximate surface area is 163 Å². The van der Waals surface area contributed by atoms with E-state index in [1.807, 2.05) is 0 Å². The lowest BCUT2D eigenvalue weighted by Gasteiger charge is -2.09. The molecule has 3 aromatic rings. The first kappa shape index (κ1) is 18.4. The van der Waals surface area contributed by atoms with Crippen LogP contribution in [0, 0.1) is 11.6 Å². The molecule has 146 valence electrons. The average Bonchev–Trinajstić information content (AvgIpc) is 3.18. The van der Waals surface area contributed by atoms with E-state index in [9.17, 15) is 18.4 Å². The van der Waals surface area contributed by atoms with Gasteiger partial charge in [-0.25, -0.2) is 8.78 Å². The summed E-state index contributed by atoms with van der Waals surface area (Å²) >= 11 is 0. The number of carbonyl (C=O) groups is 2. The molecule has 0 saturated carbocycles. The first-order valence-corrected chi connectivity index (χ1v) is 8.42. The number of para-hydroxylation sites is 1. The summed E-state index contributed by atoms with van der Waals surface area (Å²) in [5.74, 6) is -2.09. The fourth-order valence-corrected chi connectivity index (χ4v) is 2.67. The molecule has 2 heterocycles. The maximum atomic E-state index is 13.7. The molecule has 0 spiro atoms. The van der Waals surface area contributed by atoms with Crippen LogP contribution in [0.25, 0.3) is 0 Å². The fourth-order valence-electron chi connectivity index (χ4n) is 2.67. The second-order valence-corrected chi connectivity index (χ2v) is 6.04. The van der Waals surface area contributed by atoms with E-state index in [2.05, 4.69) is 15.6 Å². The Balaban J connectivity index is 1.50. The Morgan fingerprint density at radius 2 is 1.52 bits per heavy atom. The van der Waals surface area contributed by atoms with E-state index in [0.29, 0.717) is 17.2 Å². The Morgan fingerprint density at radius 1 is 0.862 bits per heavy atom. The number of ether oxygens (including phenoxy) is 2. The van der Waals surface area contributed by atoms with Crippen LogP contribution in [0.3, 0.4) is 0 Å². The highest BCUT2D eigenvalue weighted by Gasteiger charge is 2.17. The molecule has 0 radical (unpaired) electrons. The summed E-state index contributed by atoms with van der Waals surface area (Å²) < 4.78 is 37.9. The van der Waals surface area contributed by atoms with E-state index < -0.39 is 29.1 Å². The number of pyridine rings is 1. The monoisotopic (exact) mass is 397 g/mol. The second-order valence-electron chi connectivity index (χ2n) is 6.04. The van der Waals surface area contributed by atoms with Gasteiger partial charge in [0.05, 0.1) is 11.1 Å². The van der Waals surface area contributed by atoms with Gasteiger partial charge in [-0.2, -0.15) is 0 Å². The number of anilines is 2. The largest absolute Gasteiger partial charge is 0.454 e. The molecular formula is C20H13F2N3O4. The zero-order valence-electron chi connectivity index (χ0n) is 14.7. The van der Waals surface area contributed by atoms with Gasteiger partial charge in [0.15, 0.2) is 11.5 Å². The summed E-state index contributed by atoms with van der Waals surface area (Å²) in [5, 5.41) is 4.80. The molecule has 2 aromatic carbocycles. The number of benzene rings is 2. The normalized spacial score (nSPS) is 11.8. The summed E-state index contributed by atoms with van der Waals surface area (Å²) in [6.45, 7) is 0.108. The Bertz CT molecular complexity index is 1100. The van der Waals surface area contributed by atoms with E-state index in [1.54, 1.807) is 18.2 Å². The number of carbonyl (C=O) groups excluding carboxylic acids is 2. The van der Waals surface area contributed by atoms with E-state index in [4.69, 9.17) is 9.47 Å². The van der Waals surface area contributed by atoms with Crippen molar-refractivity contribution in [2.75, 3.05) is 17.4 Å². The third-order valence-electron chi connectivity index (χ3n) is 4.09. The molecule has 1 aliphatic heterocycles. The molecule has 2 amide bonds. The van der Waals surface area contributed by atoms with Gasteiger partial charge in [-0.1, -0.05) is 6.07 Å². The van der Waals surface area contributed by atoms with Crippen LogP contribution in [0.1, 0.15) is 20.7 Å². The molecule has 2 N–H and O–H groups in total. The molecule has 0 saturated heterocycles. The van der Waals surface area contributed by atoms with Gasteiger partial charge in [0.25, 0.3) is 11.8 Å². The van der Waals surface area contributed by atoms with Crippen molar-refractivity contribution in [3.8, 4) is 11.5 Å². The van der Waals surface area contributed by atoms with Gasteiger partial charge >= 0.3 is 0 Å². The molecule has 0 unspecified atom stereocenters. The molecule has 4 rings (SSSR count). The first-order chi connectivity index (χ1) is 14.0. The zero-order valence-corrected chi connectivity index (χ0v) is 14.7. The lowest BCUT2D eigenvalue weighted by Crippen LogP contribution is -2.17. The van der Waals surface area contributed by atoms with E-state index >= 15 is 0 Å². The number of rotatable bonds is 4. The molecule has 7 nitrogen and oxygen atoms in total. The van der Waals surface area contributed by atoms with Crippen LogP contribution in [-0.4, -0.2) is 23.6 Å². The van der Waals surface area contributed by atoms with Gasteiger partial charge in [0.2, 0.25) is 6.79 Å². The topological polar surface area (TPSA) is 89.6 Å². The molecular weight excluding hydrogens is 384 g/mol. The Kier molecular flexibility index (Phi) is 4.78. The Morgan fingerprint density at radius 3 is 2.24 bits per heavy atom. The van der Waals surface area contributed by atoms with Gasteiger partial charge in [0.1, 0.15) is 17.3 Å². The van der Waals surface area contributed by atoms with Crippen molar-refractivity contribution >= 4 is 23.2 Å². The predicted molar refractivity (Wildman–Crippen MR) is 99.1 cm³/mol. The van der Waals surface area contributed by atoms with Gasteiger partial charge in [-0.3, -0.25) is 14.6 Å². The fraction of sp³-hybridized carbons (Fsp3) is 0.0500. The third kappa shape index (κ3) is 3.84. The summed E-state index contributed by atoms with van der Waals surface area (Å²) in [6.07, 6.45) is 2.45. The number of aromatic nitrogens is 1. The highest BCUT2D eigenvalue weighted by molar-refractivity contribution is 6.08. The number of halogens is 2. The lowest BCUT2D eigenvalue weighted by atomic mass is 10.1. The van der Waals surface area contributed by atoms with Crippen molar-refractivity contribution in [3.63, 3.8) is 0 Å². The van der Waals surface area contributed by atoms with E-state index in [-0.39, 0.29) is 17.9 Å². The van der Waals surface area contributed by atoms with E-state index in [1.165, 1.54) is 24.5 Å². The Hall–Kier alpha value is -4.01. The maximum absolute atomic E-state index is 13.7. The standard InChI is InChI=1S/C20H13F2N3O4/c21-14-2-1-3-15(22)18(14)25-20(27)12-6-11(8-23-9-12)19(26)24-13-4-5-16-17(7-13)29-10-28-16/h1-9H,10H2,(H,24,26)(H,25,27). The summed E-state index contributed by atoms with van der Waals surface area (Å²) in [5.41, 5.74) is -0.0643. The summed E-state index contributed by atoms with van der Waals surface area (Å²) in [4.78, 5) is 28.7. The van der Waals surface area contributed by atoms with E-state index in [0.717, 1.165) is 12.1 Å². The highest BCUT2D eigenvalue weighted by atomic mass is 19.1. The van der Waals surface area contributed by atoms with Gasteiger partial charge in [-0.05, 0) is 30.3 Å². The van der Waals surface area contributed by atoms with Crippen LogP contribution in [0.4, 0.5) is 20.2 Å². The molecule has 1 aliphatic rings. The van der Waals surface area contributed by atoms with Gasteiger partial charge in [-0.15, -0.1) is 0 Å². The number of hydrogen-bond acceptors (Lipinski definition) is 5. The van der Waals surface area contributed by atoms with Crippen molar-refractivity contribution in [1.29, 1.82) is 0 Å². The van der Waals surface area contributed by atoms with Crippen LogP contribution in [0.5, 0.6) is 11.5 Å². The number of fused-ring (bicyclic) bond motifs is 1. The minimum atomic E-state index is -0.914. The third-order valence-corrected chi connectivity index (χ3v) is 4.09. The maximum Gasteiger partial charge on any atom is 0.257 e. The highest BCUT2D eigenvalue weighted by Crippen LogP contribution is 2.34. The van der Waals surface area contributed by atoms with Crippen LogP contribution in [0.15, 0.2) is 54.9 Å². The second kappa shape index (κ2) is 7.55. The number of nitrogens with one attached hydrogen (secondary N) is 2. The average molecular weight is 397 g/mol. The minimum absolute atomic E-state index is 0.0361. The summed E-state index contributed by atoms with van der Waals surface area (Å²) in [6, 6.07) is 9.38. The van der Waals surface area contributed by atoms with Crippen LogP contribution in [-0.2, 0) is 0 Å². The molecule has 9 heteroatoms. The zero-order chi connectivity index (χ0) is 20.4. The SMILES string of the molecule is O=C(Nc1ccc2c(c1)OCO2)c1cncc(C(=O)Nc2c(F)cccc2F)c1. The molecule has 0 aliphatic carbocycles. The van der Waals surface area contributed by atoms with Gasteiger partial charge in [0, 0.05) is 24.1 Å². The number of nitrogens with zero attached hydrogens (tertiary/aromatic N) is 1. The van der Waals surface area contributed by atoms with Crippen molar-refractivity contribution in [2.24, 2.45) is 0 Å². The molecule has 29 heavy (non-hydrogen) atoms. The lowest BCUT2D eigenvalue weighted by molar-refractivity contribution is 0.102. The van der Waals surface area contributed by atoms with Crippen molar-refractivity contribution < 1.29 is 27.8 Å². The first-order valence-electron chi connectivity index (χ1n) is 8.42. The molecule has 1 aromatic heterocycles. The number of amides is 2. The van der Waals surface area contributed by atoms with Crippen LogP contribution in [0.2, 0.25) is 0 Å². The quantitative estimate of drug-likeness (QED) is 0.702. The van der Waals surface area contributed by atoms with Crippen molar-refractivity contribution in [3.05, 3.63) is 77.6 Å². The number of hydrogen-bond donors (Lipinski definition) is 2. The van der Waals surface area contributed by atoms with Gasteiger partial charge < -0.3 is 20.1 Å². The molecule has 0 fully saturated rings.